The highest BCUT2D eigenvalue weighted by molar-refractivity contribution is 7.10. The molecule has 1 nitrogen and oxygen atoms in total. The largest absolute Gasteiger partial charge is 0.481 e. The molecule has 2 heteroatoms. The Hall–Kier alpha value is -1.80. The zero-order chi connectivity index (χ0) is 13.6. The van der Waals surface area contributed by atoms with Crippen molar-refractivity contribution in [2.75, 3.05) is 0 Å². The van der Waals surface area contributed by atoms with Crippen molar-refractivity contribution in [1.29, 1.82) is 0 Å². The van der Waals surface area contributed by atoms with Crippen molar-refractivity contribution in [2.45, 2.75) is 18.9 Å². The molecule has 0 amide bonds. The van der Waals surface area contributed by atoms with E-state index in [1.807, 2.05) is 0 Å². The Labute approximate surface area is 122 Å². The molecule has 1 fully saturated rings. The summed E-state index contributed by atoms with van der Waals surface area (Å²) in [4.78, 5) is 1.35. The number of ether oxygens (including phenoxy) is 1. The zero-order valence-corrected chi connectivity index (χ0v) is 12.2. The van der Waals surface area contributed by atoms with Gasteiger partial charge < -0.3 is 4.74 Å². The molecule has 0 bridgehead atoms. The predicted molar refractivity (Wildman–Crippen MR) is 84.4 cm³/mol. The molecule has 0 N–H and O–H groups in total. The van der Waals surface area contributed by atoms with Crippen molar-refractivity contribution in [3.63, 3.8) is 0 Å². The Bertz CT molecular complexity index is 742. The molecule has 0 saturated heterocycles. The lowest BCUT2D eigenvalue weighted by Crippen LogP contribution is -2.16. The fourth-order valence-electron chi connectivity index (χ4n) is 2.93. The van der Waals surface area contributed by atoms with Gasteiger partial charge in [-0.15, -0.1) is 11.3 Å². The fourth-order valence-corrected chi connectivity index (χ4v) is 3.92. The lowest BCUT2D eigenvalue weighted by atomic mass is 10.1. The van der Waals surface area contributed by atoms with Gasteiger partial charge in [-0.3, -0.25) is 0 Å². The molecule has 1 saturated carbocycles. The summed E-state index contributed by atoms with van der Waals surface area (Å²) in [5.41, 5.74) is -0.0989. The second kappa shape index (κ2) is 4.35. The van der Waals surface area contributed by atoms with E-state index in [1.165, 1.54) is 15.6 Å². The quantitative estimate of drug-likeness (QED) is 0.639. The second-order valence-corrected chi connectivity index (χ2v) is 6.50. The van der Waals surface area contributed by atoms with Crippen LogP contribution in [0.15, 0.2) is 60.0 Å². The molecule has 20 heavy (non-hydrogen) atoms. The lowest BCUT2D eigenvalue weighted by Gasteiger charge is -2.19. The minimum absolute atomic E-state index is 0.0989. The van der Waals surface area contributed by atoms with Crippen LogP contribution in [0.5, 0.6) is 5.75 Å². The summed E-state index contributed by atoms with van der Waals surface area (Å²) in [5.74, 6) is 1.58. The van der Waals surface area contributed by atoms with E-state index >= 15 is 0 Å². The molecular weight excluding hydrogens is 264 g/mol. The summed E-state index contributed by atoms with van der Waals surface area (Å²) < 4.78 is 6.49. The van der Waals surface area contributed by atoms with Crippen molar-refractivity contribution in [3.05, 3.63) is 64.9 Å². The highest BCUT2D eigenvalue weighted by Crippen LogP contribution is 2.56. The van der Waals surface area contributed by atoms with Crippen molar-refractivity contribution in [1.82, 2.24) is 0 Å². The van der Waals surface area contributed by atoms with Crippen LogP contribution in [0.25, 0.3) is 10.8 Å². The number of thiophene rings is 1. The molecule has 1 aromatic heterocycles. The molecule has 2 unspecified atom stereocenters. The highest BCUT2D eigenvalue weighted by atomic mass is 32.1. The predicted octanol–water partition coefficient (Wildman–Crippen LogP) is 5.22. The first-order chi connectivity index (χ1) is 9.79. The van der Waals surface area contributed by atoms with E-state index in [2.05, 4.69) is 66.9 Å². The van der Waals surface area contributed by atoms with Crippen LogP contribution in [0.3, 0.4) is 0 Å². The molecule has 100 valence electrons. The van der Waals surface area contributed by atoms with Gasteiger partial charge in [0.1, 0.15) is 11.4 Å². The molecule has 1 aliphatic rings. The molecule has 3 aromatic rings. The van der Waals surface area contributed by atoms with E-state index in [1.54, 1.807) is 11.3 Å². The van der Waals surface area contributed by atoms with Crippen LogP contribution in [0.1, 0.15) is 18.2 Å². The molecule has 0 radical (unpaired) electrons. The summed E-state index contributed by atoms with van der Waals surface area (Å²) in [6, 6.07) is 19.0. The third-order valence-electron chi connectivity index (χ3n) is 4.23. The van der Waals surface area contributed by atoms with Gasteiger partial charge in [0.25, 0.3) is 0 Å². The molecule has 2 atom stereocenters. The Morgan fingerprint density at radius 2 is 1.85 bits per heavy atom. The Morgan fingerprint density at radius 1 is 1.05 bits per heavy atom. The van der Waals surface area contributed by atoms with Crippen LogP contribution >= 0.6 is 11.3 Å². The van der Waals surface area contributed by atoms with Gasteiger partial charge in [-0.25, -0.2) is 0 Å². The van der Waals surface area contributed by atoms with E-state index in [9.17, 15) is 0 Å². The molecule has 4 rings (SSSR count). The fraction of sp³-hybridized carbons (Fsp3) is 0.222. The van der Waals surface area contributed by atoms with Gasteiger partial charge in [0.2, 0.25) is 0 Å². The lowest BCUT2D eigenvalue weighted by molar-refractivity contribution is 0.171. The molecule has 1 heterocycles. The standard InChI is InChI=1S/C18H16OS/c1-13-12-18(13,17-10-5-11-20-17)19-16-9-4-7-14-6-2-3-8-15(14)16/h2-11,13H,12H2,1H3. The first-order valence-corrected chi connectivity index (χ1v) is 7.88. The average molecular weight is 280 g/mol. The van der Waals surface area contributed by atoms with Crippen LogP contribution in [0, 0.1) is 5.92 Å². The topological polar surface area (TPSA) is 9.23 Å². The van der Waals surface area contributed by atoms with E-state index in [4.69, 9.17) is 4.74 Å². The molecule has 0 aliphatic heterocycles. The van der Waals surface area contributed by atoms with Gasteiger partial charge in [0.05, 0.1) is 0 Å². The van der Waals surface area contributed by atoms with Gasteiger partial charge >= 0.3 is 0 Å². The third-order valence-corrected chi connectivity index (χ3v) is 5.25. The van der Waals surface area contributed by atoms with Gasteiger partial charge in [-0.1, -0.05) is 49.4 Å². The Balaban J connectivity index is 1.78. The minimum atomic E-state index is -0.0989. The van der Waals surface area contributed by atoms with E-state index < -0.39 is 0 Å². The van der Waals surface area contributed by atoms with Crippen molar-refractivity contribution in [2.24, 2.45) is 5.92 Å². The van der Waals surface area contributed by atoms with Gasteiger partial charge in [0, 0.05) is 16.2 Å². The molecule has 1 aliphatic carbocycles. The Kier molecular flexibility index (Phi) is 2.61. The third kappa shape index (κ3) is 1.75. The summed E-state index contributed by atoms with van der Waals surface area (Å²) >= 11 is 1.80. The summed E-state index contributed by atoms with van der Waals surface area (Å²) in [6.45, 7) is 2.27. The van der Waals surface area contributed by atoms with Crippen LogP contribution in [-0.2, 0) is 5.60 Å². The van der Waals surface area contributed by atoms with Crippen molar-refractivity contribution >= 4 is 22.1 Å². The van der Waals surface area contributed by atoms with Crippen LogP contribution in [-0.4, -0.2) is 0 Å². The summed E-state index contributed by atoms with van der Waals surface area (Å²) in [6.07, 6.45) is 1.11. The van der Waals surface area contributed by atoms with Crippen LogP contribution in [0.2, 0.25) is 0 Å². The van der Waals surface area contributed by atoms with E-state index in [0.717, 1.165) is 12.2 Å². The highest BCUT2D eigenvalue weighted by Gasteiger charge is 2.56. The van der Waals surface area contributed by atoms with Gasteiger partial charge in [-0.05, 0) is 29.3 Å². The van der Waals surface area contributed by atoms with Gasteiger partial charge in [-0.2, -0.15) is 0 Å². The number of hydrogen-bond donors (Lipinski definition) is 0. The van der Waals surface area contributed by atoms with Crippen LogP contribution < -0.4 is 4.74 Å². The molecule has 2 aromatic carbocycles. The SMILES string of the molecule is CC1CC1(Oc1cccc2ccccc12)c1cccs1. The number of fused-ring (bicyclic) bond motifs is 1. The number of hydrogen-bond acceptors (Lipinski definition) is 2. The van der Waals surface area contributed by atoms with Crippen molar-refractivity contribution in [3.8, 4) is 5.75 Å². The molecule has 0 spiro atoms. The smallest absolute Gasteiger partial charge is 0.146 e. The summed E-state index contributed by atoms with van der Waals surface area (Å²) in [5, 5.41) is 4.57. The molecular formula is C18H16OS. The minimum Gasteiger partial charge on any atom is -0.481 e. The maximum absolute atomic E-state index is 6.49. The van der Waals surface area contributed by atoms with Gasteiger partial charge in [0.15, 0.2) is 0 Å². The summed E-state index contributed by atoms with van der Waals surface area (Å²) in [7, 11) is 0. The first kappa shape index (κ1) is 12.0. The second-order valence-electron chi connectivity index (χ2n) is 5.55. The first-order valence-electron chi connectivity index (χ1n) is 7.00. The van der Waals surface area contributed by atoms with E-state index in [-0.39, 0.29) is 5.60 Å². The zero-order valence-electron chi connectivity index (χ0n) is 11.4. The normalized spacial score (nSPS) is 24.8. The van der Waals surface area contributed by atoms with Crippen molar-refractivity contribution < 1.29 is 4.74 Å². The van der Waals surface area contributed by atoms with Crippen LogP contribution in [0.4, 0.5) is 0 Å². The monoisotopic (exact) mass is 280 g/mol. The Morgan fingerprint density at radius 3 is 2.60 bits per heavy atom. The maximum Gasteiger partial charge on any atom is 0.146 e. The van der Waals surface area contributed by atoms with E-state index in [0.29, 0.717) is 5.92 Å². The number of rotatable bonds is 3. The maximum atomic E-state index is 6.49. The average Bonchev–Trinajstić information content (AvgIpc) is 2.92. The number of benzene rings is 2.